The van der Waals surface area contributed by atoms with E-state index in [1.54, 1.807) is 6.07 Å². The molecule has 1 saturated heterocycles. The van der Waals surface area contributed by atoms with Crippen LogP contribution in [-0.4, -0.2) is 45.7 Å². The largest absolute Gasteiger partial charge is 0.396 e. The molecule has 1 amide bonds. The number of carbonyl (C=O) groups excluding carboxylic acids is 1. The maximum Gasteiger partial charge on any atom is 0.250 e. The number of fused-ring (bicyclic) bond motifs is 3. The Morgan fingerprint density at radius 1 is 1.03 bits per heavy atom. The molecule has 32 heavy (non-hydrogen) atoms. The van der Waals surface area contributed by atoms with Crippen LogP contribution >= 0.6 is 0 Å². The van der Waals surface area contributed by atoms with Crippen molar-refractivity contribution in [1.82, 2.24) is 14.8 Å². The number of benzene rings is 1. The summed E-state index contributed by atoms with van der Waals surface area (Å²) >= 11 is 0. The van der Waals surface area contributed by atoms with Crippen LogP contribution in [0.2, 0.25) is 0 Å². The Morgan fingerprint density at radius 3 is 2.56 bits per heavy atom. The third-order valence-corrected chi connectivity index (χ3v) is 7.79. The van der Waals surface area contributed by atoms with E-state index in [1.165, 1.54) is 12.0 Å². The van der Waals surface area contributed by atoms with Crippen LogP contribution in [0, 0.1) is 11.8 Å². The summed E-state index contributed by atoms with van der Waals surface area (Å²) in [5.41, 5.74) is 2.20. The molecule has 0 bridgehead atoms. The monoisotopic (exact) mass is 435 g/mol. The van der Waals surface area contributed by atoms with Gasteiger partial charge in [-0.3, -0.25) is 14.5 Å². The number of amides is 1. The first-order valence-electron chi connectivity index (χ1n) is 12.1. The minimum absolute atomic E-state index is 0.000179. The number of rotatable bonds is 6. The summed E-state index contributed by atoms with van der Waals surface area (Å²) in [5, 5.41) is 13.7. The van der Waals surface area contributed by atoms with Crippen molar-refractivity contribution in [1.29, 1.82) is 0 Å². The predicted octanol–water partition coefficient (Wildman–Crippen LogP) is 2.50. The Kier molecular flexibility index (Phi) is 6.15. The van der Waals surface area contributed by atoms with E-state index >= 15 is 0 Å². The Balaban J connectivity index is 1.45. The fraction of sp³-hybridized carbons (Fsp3) is 0.538. The van der Waals surface area contributed by atoms with Crippen molar-refractivity contribution >= 4 is 5.91 Å². The van der Waals surface area contributed by atoms with Gasteiger partial charge < -0.3 is 15.0 Å². The van der Waals surface area contributed by atoms with Gasteiger partial charge in [-0.25, -0.2) is 0 Å². The second kappa shape index (κ2) is 9.20. The highest BCUT2D eigenvalue weighted by Gasteiger charge is 2.55. The van der Waals surface area contributed by atoms with Gasteiger partial charge in [-0.05, 0) is 30.9 Å². The Hall–Kier alpha value is -2.44. The van der Waals surface area contributed by atoms with Gasteiger partial charge in [0.15, 0.2) is 0 Å². The van der Waals surface area contributed by atoms with Crippen LogP contribution in [0.15, 0.2) is 53.3 Å². The Morgan fingerprint density at radius 2 is 1.81 bits per heavy atom. The van der Waals surface area contributed by atoms with Crippen molar-refractivity contribution < 1.29 is 9.90 Å². The summed E-state index contributed by atoms with van der Waals surface area (Å²) in [6, 6.07) is 15.6. The van der Waals surface area contributed by atoms with Crippen molar-refractivity contribution in [3.05, 3.63) is 70.1 Å². The molecule has 1 saturated carbocycles. The quantitative estimate of drug-likeness (QED) is 0.731. The first kappa shape index (κ1) is 21.4. The zero-order chi connectivity index (χ0) is 22.1. The minimum Gasteiger partial charge on any atom is -0.396 e. The molecule has 170 valence electrons. The fourth-order valence-electron chi connectivity index (χ4n) is 6.25. The molecule has 1 aliphatic carbocycles. The van der Waals surface area contributed by atoms with E-state index in [0.29, 0.717) is 13.1 Å². The summed E-state index contributed by atoms with van der Waals surface area (Å²) in [6.45, 7) is 1.24. The van der Waals surface area contributed by atoms with E-state index in [0.717, 1.165) is 37.8 Å². The predicted molar refractivity (Wildman–Crippen MR) is 123 cm³/mol. The zero-order valence-electron chi connectivity index (χ0n) is 18.5. The Bertz CT molecular complexity index is 999. The molecule has 2 aromatic rings. The summed E-state index contributed by atoms with van der Waals surface area (Å²) < 4.78 is 1.84. The molecule has 3 aliphatic rings. The number of carbonyl (C=O) groups is 1. The molecule has 3 heterocycles. The lowest BCUT2D eigenvalue weighted by molar-refractivity contribution is -0.128. The summed E-state index contributed by atoms with van der Waals surface area (Å²) in [6.07, 6.45) is 6.48. The van der Waals surface area contributed by atoms with Gasteiger partial charge in [-0.1, -0.05) is 55.7 Å². The molecular weight excluding hydrogens is 402 g/mol. The maximum atomic E-state index is 13.6. The van der Waals surface area contributed by atoms with E-state index in [1.807, 2.05) is 34.9 Å². The molecule has 0 unspecified atom stereocenters. The van der Waals surface area contributed by atoms with Crippen LogP contribution in [0.25, 0.3) is 0 Å². The first-order chi connectivity index (χ1) is 15.7. The fourth-order valence-corrected chi connectivity index (χ4v) is 6.25. The second-order valence-corrected chi connectivity index (χ2v) is 9.62. The van der Waals surface area contributed by atoms with Crippen molar-refractivity contribution in [2.75, 3.05) is 13.2 Å². The molecular formula is C26H33N3O3. The number of aromatic nitrogens is 1. The normalized spacial score (nSPS) is 27.8. The number of aliphatic hydroxyl groups is 1. The molecule has 2 fully saturated rings. The molecule has 6 nitrogen and oxygen atoms in total. The van der Waals surface area contributed by atoms with Gasteiger partial charge in [0.1, 0.15) is 0 Å². The summed E-state index contributed by atoms with van der Waals surface area (Å²) in [7, 11) is 0. The number of hydrogen-bond acceptors (Lipinski definition) is 4. The van der Waals surface area contributed by atoms with Gasteiger partial charge in [-0.15, -0.1) is 0 Å². The number of likely N-dealkylation sites (tertiary alicyclic amines) is 1. The number of pyridine rings is 1. The van der Waals surface area contributed by atoms with Gasteiger partial charge in [0, 0.05) is 49.3 Å². The molecule has 6 heteroatoms. The van der Waals surface area contributed by atoms with Gasteiger partial charge in [0.2, 0.25) is 5.91 Å². The van der Waals surface area contributed by atoms with Gasteiger partial charge in [0.25, 0.3) is 5.56 Å². The number of hydrogen-bond donors (Lipinski definition) is 2. The van der Waals surface area contributed by atoms with Crippen molar-refractivity contribution in [2.24, 2.45) is 11.8 Å². The number of aliphatic hydroxyl groups excluding tert-OH is 1. The second-order valence-electron chi connectivity index (χ2n) is 9.62. The lowest BCUT2D eigenvalue weighted by Gasteiger charge is -2.33. The van der Waals surface area contributed by atoms with Crippen molar-refractivity contribution in [3.63, 3.8) is 0 Å². The molecule has 2 aliphatic heterocycles. The van der Waals surface area contributed by atoms with E-state index in [9.17, 15) is 14.7 Å². The standard InChI is InChI=1S/C26H33N3O3/c30-17-21-20-16-29-22(12-7-13-23(29)31)24(20)28(15-14-18-8-3-1-4-9-18)25(21)26(32)27-19-10-5-2-6-11-19/h1,3-4,7-9,12-13,19-21,24-25,30H,2,5-6,10-11,14-17H2,(H,27,32)/t20-,21-,24+,25-/m1/s1. The molecule has 1 aromatic carbocycles. The number of nitrogens with one attached hydrogen (secondary N) is 1. The van der Waals surface area contributed by atoms with Crippen molar-refractivity contribution in [2.45, 2.75) is 63.2 Å². The molecule has 1 aromatic heterocycles. The highest BCUT2D eigenvalue weighted by molar-refractivity contribution is 5.83. The summed E-state index contributed by atoms with van der Waals surface area (Å²) in [5.74, 6) is -0.0742. The third kappa shape index (κ3) is 3.90. The van der Waals surface area contributed by atoms with Crippen LogP contribution in [-0.2, 0) is 17.8 Å². The molecule has 0 radical (unpaired) electrons. The van der Waals surface area contributed by atoms with Gasteiger partial charge in [0.05, 0.1) is 12.1 Å². The first-order valence-corrected chi connectivity index (χ1v) is 12.1. The van der Waals surface area contributed by atoms with Gasteiger partial charge >= 0.3 is 0 Å². The molecule has 5 rings (SSSR count). The average Bonchev–Trinajstić information content (AvgIpc) is 3.34. The highest BCUT2D eigenvalue weighted by Crippen LogP contribution is 2.49. The highest BCUT2D eigenvalue weighted by atomic mass is 16.3. The van der Waals surface area contributed by atoms with Crippen LogP contribution in [0.5, 0.6) is 0 Å². The lowest BCUT2D eigenvalue weighted by Crippen LogP contribution is -2.51. The van der Waals surface area contributed by atoms with Crippen LogP contribution < -0.4 is 10.9 Å². The topological polar surface area (TPSA) is 74.6 Å². The molecule has 4 atom stereocenters. The van der Waals surface area contributed by atoms with E-state index in [2.05, 4.69) is 22.3 Å². The molecule has 2 N–H and O–H groups in total. The lowest BCUT2D eigenvalue weighted by atomic mass is 9.87. The number of nitrogens with zero attached hydrogens (tertiary/aromatic N) is 2. The Labute approximate surface area is 189 Å². The van der Waals surface area contributed by atoms with E-state index in [4.69, 9.17) is 0 Å². The average molecular weight is 436 g/mol. The SMILES string of the molecule is O=C(NC1CCCCC1)[C@H]1[C@H](CO)[C@H]2Cn3c(cccc3=O)[C@H]2N1CCc1ccccc1. The van der Waals surface area contributed by atoms with Gasteiger partial charge in [-0.2, -0.15) is 0 Å². The van der Waals surface area contributed by atoms with Crippen LogP contribution in [0.3, 0.4) is 0 Å². The summed E-state index contributed by atoms with van der Waals surface area (Å²) in [4.78, 5) is 28.4. The van der Waals surface area contributed by atoms with Crippen LogP contribution in [0.1, 0.15) is 49.4 Å². The smallest absolute Gasteiger partial charge is 0.250 e. The molecule has 0 spiro atoms. The van der Waals surface area contributed by atoms with Crippen molar-refractivity contribution in [3.8, 4) is 0 Å². The van der Waals surface area contributed by atoms with Crippen LogP contribution in [0.4, 0.5) is 0 Å². The van der Waals surface area contributed by atoms with E-state index < -0.39 is 0 Å². The van der Waals surface area contributed by atoms with E-state index in [-0.39, 0.29) is 48.0 Å². The zero-order valence-corrected chi connectivity index (χ0v) is 18.5. The third-order valence-electron chi connectivity index (χ3n) is 7.79. The minimum atomic E-state index is -0.371. The maximum absolute atomic E-state index is 13.6.